The molecule has 6 nitrogen and oxygen atoms in total. The van der Waals surface area contributed by atoms with Gasteiger partial charge < -0.3 is 11.1 Å². The van der Waals surface area contributed by atoms with Crippen LogP contribution in [0.3, 0.4) is 0 Å². The van der Waals surface area contributed by atoms with Crippen LogP contribution < -0.4 is 11.1 Å². The lowest BCUT2D eigenvalue weighted by Gasteiger charge is -2.29. The van der Waals surface area contributed by atoms with E-state index < -0.39 is 33.6 Å². The van der Waals surface area contributed by atoms with Crippen LogP contribution in [0, 0.1) is 5.92 Å². The first kappa shape index (κ1) is 19.7. The third-order valence-electron chi connectivity index (χ3n) is 4.12. The first-order valence-electron chi connectivity index (χ1n) is 7.68. The average molecular weight is 379 g/mol. The molecule has 1 heterocycles. The highest BCUT2D eigenvalue weighted by atomic mass is 32.2. The zero-order valence-electron chi connectivity index (χ0n) is 13.6. The van der Waals surface area contributed by atoms with E-state index in [1.807, 2.05) is 0 Å². The smallest absolute Gasteiger partial charge is 0.326 e. The fourth-order valence-electron chi connectivity index (χ4n) is 2.74. The molecule has 2 rings (SSSR count). The van der Waals surface area contributed by atoms with Gasteiger partial charge in [0.05, 0.1) is 11.8 Å². The van der Waals surface area contributed by atoms with E-state index in [1.165, 1.54) is 10.4 Å². The number of nitrogens with one attached hydrogen (secondary N) is 1. The second kappa shape index (κ2) is 7.30. The highest BCUT2D eigenvalue weighted by Gasteiger charge is 2.32. The third-order valence-corrected chi connectivity index (χ3v) is 5.42. The maximum Gasteiger partial charge on any atom is 0.416 e. The van der Waals surface area contributed by atoms with Gasteiger partial charge in [-0.15, -0.1) is 0 Å². The van der Waals surface area contributed by atoms with E-state index in [4.69, 9.17) is 5.73 Å². The topological polar surface area (TPSA) is 92.5 Å². The van der Waals surface area contributed by atoms with E-state index in [9.17, 15) is 26.4 Å². The average Bonchev–Trinajstić information content (AvgIpc) is 2.53. The van der Waals surface area contributed by atoms with Crippen molar-refractivity contribution in [3.63, 3.8) is 0 Å². The van der Waals surface area contributed by atoms with E-state index in [2.05, 4.69) is 5.32 Å². The number of nitrogens with zero attached hydrogens (tertiary/aromatic N) is 1. The Morgan fingerprint density at radius 3 is 2.36 bits per heavy atom. The predicted molar refractivity (Wildman–Crippen MR) is 87.1 cm³/mol. The summed E-state index contributed by atoms with van der Waals surface area (Å²) in [6, 6.07) is 3.21. The van der Waals surface area contributed by atoms with E-state index >= 15 is 0 Å². The number of piperidine rings is 1. The number of sulfonamides is 1. The van der Waals surface area contributed by atoms with E-state index in [0.29, 0.717) is 12.8 Å². The van der Waals surface area contributed by atoms with Crippen LogP contribution in [0.1, 0.15) is 24.0 Å². The molecule has 0 aliphatic carbocycles. The van der Waals surface area contributed by atoms with E-state index in [1.54, 1.807) is 0 Å². The largest absolute Gasteiger partial charge is 0.416 e. The number of rotatable bonds is 4. The molecule has 1 aromatic carbocycles. The third kappa shape index (κ3) is 5.16. The van der Waals surface area contributed by atoms with Crippen LogP contribution in [0.5, 0.6) is 0 Å². The Bertz CT molecular complexity index is 742. The molecule has 0 atom stereocenters. The van der Waals surface area contributed by atoms with Gasteiger partial charge in [0.1, 0.15) is 0 Å². The van der Waals surface area contributed by atoms with Crippen molar-refractivity contribution >= 4 is 21.6 Å². The normalized spacial score (nSPS) is 17.5. The van der Waals surface area contributed by atoms with Crippen LogP contribution in [0.4, 0.5) is 18.9 Å². The molecule has 1 saturated heterocycles. The monoisotopic (exact) mass is 379 g/mol. The summed E-state index contributed by atoms with van der Waals surface area (Å²) in [6.45, 7) is 0.348. The molecule has 1 aliphatic rings. The Labute approximate surface area is 144 Å². The molecule has 25 heavy (non-hydrogen) atoms. The molecule has 1 aromatic rings. The molecular formula is C15H20F3N3O3S. The SMILES string of the molecule is CS(=O)(=O)N1CCC(C(=O)Nc2cc(CN)cc(C(F)(F)F)c2)CC1. The lowest BCUT2D eigenvalue weighted by molar-refractivity contribution is -0.137. The van der Waals surface area contributed by atoms with Crippen LogP contribution in [0.15, 0.2) is 18.2 Å². The summed E-state index contributed by atoms with van der Waals surface area (Å²) in [7, 11) is -3.30. The fourth-order valence-corrected chi connectivity index (χ4v) is 3.61. The molecule has 10 heteroatoms. The van der Waals surface area contributed by atoms with Crippen LogP contribution in [0.2, 0.25) is 0 Å². The molecule has 0 radical (unpaired) electrons. The summed E-state index contributed by atoms with van der Waals surface area (Å²) in [5, 5.41) is 2.49. The number of anilines is 1. The fraction of sp³-hybridized carbons (Fsp3) is 0.533. The number of carbonyl (C=O) groups is 1. The predicted octanol–water partition coefficient (Wildman–Crippen LogP) is 1.77. The van der Waals surface area contributed by atoms with Crippen molar-refractivity contribution in [3.8, 4) is 0 Å². The standard InChI is InChI=1S/C15H20F3N3O3S/c1-25(23,24)21-4-2-11(3-5-21)14(22)20-13-7-10(9-19)6-12(8-13)15(16,17)18/h6-8,11H,2-5,9,19H2,1H3,(H,20,22). The number of benzene rings is 1. The lowest BCUT2D eigenvalue weighted by atomic mass is 9.97. The molecule has 3 N–H and O–H groups in total. The van der Waals surface area contributed by atoms with Gasteiger partial charge in [-0.25, -0.2) is 12.7 Å². The van der Waals surface area contributed by atoms with Gasteiger partial charge in [-0.05, 0) is 36.6 Å². The highest BCUT2D eigenvalue weighted by Crippen LogP contribution is 2.32. The Morgan fingerprint density at radius 2 is 1.88 bits per heavy atom. The molecule has 1 amide bonds. The quantitative estimate of drug-likeness (QED) is 0.834. The molecular weight excluding hydrogens is 359 g/mol. The number of alkyl halides is 3. The number of hydrogen-bond acceptors (Lipinski definition) is 4. The molecule has 1 fully saturated rings. The number of hydrogen-bond donors (Lipinski definition) is 2. The van der Waals surface area contributed by atoms with Crippen molar-refractivity contribution in [3.05, 3.63) is 29.3 Å². The van der Waals surface area contributed by atoms with Crippen molar-refractivity contribution < 1.29 is 26.4 Å². The molecule has 0 unspecified atom stereocenters. The summed E-state index contributed by atoms with van der Waals surface area (Å²) in [5.74, 6) is -0.871. The minimum atomic E-state index is -4.54. The Kier molecular flexibility index (Phi) is 5.75. The van der Waals surface area contributed by atoms with Crippen molar-refractivity contribution in [1.29, 1.82) is 0 Å². The number of carbonyl (C=O) groups excluding carboxylic acids is 1. The van der Waals surface area contributed by atoms with E-state index in [0.717, 1.165) is 18.4 Å². The first-order valence-corrected chi connectivity index (χ1v) is 9.53. The van der Waals surface area contributed by atoms with Crippen molar-refractivity contribution in [2.75, 3.05) is 24.7 Å². The Hall–Kier alpha value is -1.65. The maximum absolute atomic E-state index is 12.9. The summed E-state index contributed by atoms with van der Waals surface area (Å²) in [4.78, 5) is 12.3. The number of amides is 1. The van der Waals surface area contributed by atoms with Gasteiger partial charge >= 0.3 is 6.18 Å². The van der Waals surface area contributed by atoms with Crippen LogP contribution in [0.25, 0.3) is 0 Å². The van der Waals surface area contributed by atoms with Crippen LogP contribution in [-0.4, -0.2) is 38.0 Å². The minimum Gasteiger partial charge on any atom is -0.326 e. The van der Waals surface area contributed by atoms with Gasteiger partial charge in [0.2, 0.25) is 15.9 Å². The minimum absolute atomic E-state index is 0.0332. The van der Waals surface area contributed by atoms with Crippen molar-refractivity contribution in [2.24, 2.45) is 11.7 Å². The van der Waals surface area contributed by atoms with Gasteiger partial charge in [-0.1, -0.05) is 0 Å². The molecule has 140 valence electrons. The maximum atomic E-state index is 12.9. The molecule has 1 aliphatic heterocycles. The highest BCUT2D eigenvalue weighted by molar-refractivity contribution is 7.88. The molecule has 0 spiro atoms. The summed E-state index contributed by atoms with van der Waals surface area (Å²) < 4.78 is 63.0. The first-order chi connectivity index (χ1) is 11.5. The summed E-state index contributed by atoms with van der Waals surface area (Å²) in [5.41, 5.74) is 4.84. The van der Waals surface area contributed by atoms with Gasteiger partial charge in [0.15, 0.2) is 0 Å². The summed E-state index contributed by atoms with van der Waals surface area (Å²) >= 11 is 0. The van der Waals surface area contributed by atoms with Crippen LogP contribution >= 0.6 is 0 Å². The zero-order valence-corrected chi connectivity index (χ0v) is 14.5. The Morgan fingerprint density at radius 1 is 1.28 bits per heavy atom. The van der Waals surface area contributed by atoms with Crippen molar-refractivity contribution in [2.45, 2.75) is 25.6 Å². The lowest BCUT2D eigenvalue weighted by Crippen LogP contribution is -2.40. The molecule has 0 aromatic heterocycles. The van der Waals surface area contributed by atoms with Gasteiger partial charge in [-0.3, -0.25) is 4.79 Å². The van der Waals surface area contributed by atoms with Crippen molar-refractivity contribution in [1.82, 2.24) is 4.31 Å². The zero-order chi connectivity index (χ0) is 18.8. The molecule has 0 saturated carbocycles. The summed E-state index contributed by atoms with van der Waals surface area (Å²) in [6.07, 6.45) is -2.79. The second-order valence-corrected chi connectivity index (χ2v) is 8.03. The molecule has 0 bridgehead atoms. The van der Waals surface area contributed by atoms with Crippen LogP contribution in [-0.2, 0) is 27.5 Å². The number of nitrogens with two attached hydrogens (primary N) is 1. The van der Waals surface area contributed by atoms with E-state index in [-0.39, 0.29) is 30.9 Å². The van der Waals surface area contributed by atoms with Gasteiger partial charge in [0.25, 0.3) is 0 Å². The number of halogens is 3. The van der Waals surface area contributed by atoms with Gasteiger partial charge in [-0.2, -0.15) is 13.2 Å². The van der Waals surface area contributed by atoms with Gasteiger partial charge in [0, 0.05) is 31.2 Å². The second-order valence-electron chi connectivity index (χ2n) is 6.05. The Balaban J connectivity index is 2.08.